The fourth-order valence-corrected chi connectivity index (χ4v) is 4.10. The zero-order chi connectivity index (χ0) is 18.9. The molecule has 4 nitrogen and oxygen atoms in total. The first-order valence-electron chi connectivity index (χ1n) is 9.46. The normalized spacial score (nSPS) is 19.6. The highest BCUT2D eigenvalue weighted by atomic mass is 16.1. The van der Waals surface area contributed by atoms with Gasteiger partial charge in [-0.3, -0.25) is 4.79 Å². The van der Waals surface area contributed by atoms with Crippen LogP contribution in [-0.4, -0.2) is 20.8 Å². The van der Waals surface area contributed by atoms with E-state index in [0.717, 1.165) is 34.2 Å². The average Bonchev–Trinajstić information content (AvgIpc) is 3.18. The summed E-state index contributed by atoms with van der Waals surface area (Å²) in [5, 5.41) is 8.63. The Kier molecular flexibility index (Phi) is 4.09. The number of para-hydroxylation sites is 1. The smallest absolute Gasteiger partial charge is 0.181 e. The van der Waals surface area contributed by atoms with E-state index < -0.39 is 6.04 Å². The van der Waals surface area contributed by atoms with E-state index in [0.29, 0.717) is 0 Å². The molecule has 0 aliphatic heterocycles. The van der Waals surface area contributed by atoms with Crippen molar-refractivity contribution in [2.45, 2.75) is 18.4 Å². The third kappa shape index (κ3) is 2.83. The van der Waals surface area contributed by atoms with Crippen LogP contribution in [-0.2, 0) is 4.79 Å². The molecule has 4 aromatic rings. The molecule has 28 heavy (non-hydrogen) atoms. The largest absolute Gasteiger partial charge is 0.292 e. The summed E-state index contributed by atoms with van der Waals surface area (Å²) in [6.07, 6.45) is 2.56. The summed E-state index contributed by atoms with van der Waals surface area (Å²) in [6.45, 7) is 0. The van der Waals surface area contributed by atoms with Crippen LogP contribution in [0.25, 0.3) is 16.6 Å². The van der Waals surface area contributed by atoms with E-state index in [-0.39, 0.29) is 11.7 Å². The minimum Gasteiger partial charge on any atom is -0.292 e. The Morgan fingerprint density at radius 1 is 0.821 bits per heavy atom. The fourth-order valence-electron chi connectivity index (χ4n) is 4.10. The van der Waals surface area contributed by atoms with Crippen molar-refractivity contribution in [3.63, 3.8) is 0 Å². The molecule has 0 N–H and O–H groups in total. The third-order valence-corrected chi connectivity index (χ3v) is 5.44. The first-order chi connectivity index (χ1) is 13.8. The molecule has 3 aromatic carbocycles. The number of nitrogens with zero attached hydrogens (tertiary/aromatic N) is 3. The van der Waals surface area contributed by atoms with Crippen molar-refractivity contribution in [2.24, 2.45) is 0 Å². The van der Waals surface area contributed by atoms with Crippen molar-refractivity contribution < 1.29 is 4.79 Å². The molecule has 2 atom stereocenters. The molecule has 1 heterocycles. The maximum atomic E-state index is 13.3. The Hall–Kier alpha value is -3.53. The summed E-state index contributed by atoms with van der Waals surface area (Å²) in [5.41, 5.74) is 5.00. The minimum atomic E-state index is -0.401. The van der Waals surface area contributed by atoms with Gasteiger partial charge in [-0.1, -0.05) is 78.0 Å². The van der Waals surface area contributed by atoms with Crippen LogP contribution >= 0.6 is 0 Å². The third-order valence-electron chi connectivity index (χ3n) is 5.44. The van der Waals surface area contributed by atoms with Gasteiger partial charge in [0.15, 0.2) is 5.78 Å². The van der Waals surface area contributed by atoms with Gasteiger partial charge in [-0.05, 0) is 41.3 Å². The van der Waals surface area contributed by atoms with Crippen LogP contribution in [0.2, 0.25) is 0 Å². The van der Waals surface area contributed by atoms with Crippen LogP contribution in [0.3, 0.4) is 0 Å². The number of carbonyl (C=O) groups excluding carboxylic acids is 1. The van der Waals surface area contributed by atoms with Crippen molar-refractivity contribution in [1.29, 1.82) is 0 Å². The highest BCUT2D eigenvalue weighted by Gasteiger charge is 2.36. The monoisotopic (exact) mass is 365 g/mol. The molecule has 0 unspecified atom stereocenters. The van der Waals surface area contributed by atoms with Crippen molar-refractivity contribution in [3.05, 3.63) is 102 Å². The van der Waals surface area contributed by atoms with Gasteiger partial charge >= 0.3 is 0 Å². The summed E-state index contributed by atoms with van der Waals surface area (Å²) in [7, 11) is 0. The van der Waals surface area contributed by atoms with E-state index in [9.17, 15) is 4.79 Å². The number of carbonyl (C=O) groups is 1. The Balaban J connectivity index is 1.66. The Morgan fingerprint density at radius 3 is 2.29 bits per heavy atom. The Labute approximate surface area is 163 Å². The summed E-state index contributed by atoms with van der Waals surface area (Å²) in [6, 6.07) is 27.8. The minimum absolute atomic E-state index is 0.000915. The Bertz CT molecular complexity index is 1160. The molecule has 0 radical (unpaired) electrons. The first kappa shape index (κ1) is 16.6. The topological polar surface area (TPSA) is 47.8 Å². The predicted molar refractivity (Wildman–Crippen MR) is 110 cm³/mol. The maximum Gasteiger partial charge on any atom is 0.181 e. The van der Waals surface area contributed by atoms with Crippen LogP contribution in [0.5, 0.6) is 0 Å². The maximum absolute atomic E-state index is 13.3. The number of ketones is 1. The van der Waals surface area contributed by atoms with Gasteiger partial charge in [0.25, 0.3) is 0 Å². The summed E-state index contributed by atoms with van der Waals surface area (Å²) in [4.78, 5) is 13.3. The highest BCUT2D eigenvalue weighted by Crippen LogP contribution is 2.42. The van der Waals surface area contributed by atoms with Gasteiger partial charge in [-0.15, -0.1) is 5.10 Å². The molecule has 136 valence electrons. The second-order valence-corrected chi connectivity index (χ2v) is 7.13. The van der Waals surface area contributed by atoms with E-state index in [1.807, 2.05) is 60.7 Å². The number of allylic oxidation sites excluding steroid dienone is 2. The summed E-state index contributed by atoms with van der Waals surface area (Å²) < 4.78 is 1.80. The predicted octanol–water partition coefficient (Wildman–Crippen LogP) is 4.81. The fraction of sp³-hybridized carbons (Fsp3) is 0.125. The quantitative estimate of drug-likeness (QED) is 0.523. The molecule has 0 saturated heterocycles. The lowest BCUT2D eigenvalue weighted by Gasteiger charge is -2.31. The second-order valence-electron chi connectivity index (χ2n) is 7.13. The lowest BCUT2D eigenvalue weighted by atomic mass is 9.77. The molecule has 1 aliphatic carbocycles. The van der Waals surface area contributed by atoms with Crippen molar-refractivity contribution in [1.82, 2.24) is 15.0 Å². The van der Waals surface area contributed by atoms with Gasteiger partial charge < -0.3 is 0 Å². The van der Waals surface area contributed by atoms with Crippen molar-refractivity contribution in [3.8, 4) is 0 Å². The molecule has 1 aromatic heterocycles. The zero-order valence-corrected chi connectivity index (χ0v) is 15.3. The number of aromatic nitrogens is 3. The molecular weight excluding hydrogens is 346 g/mol. The van der Waals surface area contributed by atoms with Crippen molar-refractivity contribution in [2.75, 3.05) is 0 Å². The van der Waals surface area contributed by atoms with E-state index >= 15 is 0 Å². The number of hydrogen-bond acceptors (Lipinski definition) is 3. The van der Waals surface area contributed by atoms with Crippen LogP contribution in [0, 0.1) is 0 Å². The van der Waals surface area contributed by atoms with Crippen LogP contribution < -0.4 is 0 Å². The zero-order valence-electron chi connectivity index (χ0n) is 15.3. The van der Waals surface area contributed by atoms with Crippen LogP contribution in [0.4, 0.5) is 0 Å². The highest BCUT2D eigenvalue weighted by molar-refractivity contribution is 6.02. The number of hydrogen-bond donors (Lipinski definition) is 0. The van der Waals surface area contributed by atoms with Crippen LogP contribution in [0.1, 0.15) is 29.5 Å². The Morgan fingerprint density at radius 2 is 1.50 bits per heavy atom. The van der Waals surface area contributed by atoms with E-state index in [2.05, 4.69) is 34.6 Å². The van der Waals surface area contributed by atoms with E-state index in [1.54, 1.807) is 10.8 Å². The van der Waals surface area contributed by atoms with Crippen molar-refractivity contribution >= 4 is 22.4 Å². The number of benzene rings is 3. The number of rotatable bonds is 3. The summed E-state index contributed by atoms with van der Waals surface area (Å²) in [5.74, 6) is 0.0635. The average molecular weight is 365 g/mol. The summed E-state index contributed by atoms with van der Waals surface area (Å²) >= 11 is 0. The van der Waals surface area contributed by atoms with Crippen LogP contribution in [0.15, 0.2) is 91.0 Å². The molecular formula is C24H19N3O. The number of fused-ring (bicyclic) bond motifs is 1. The van der Waals surface area contributed by atoms with Gasteiger partial charge in [0.1, 0.15) is 11.6 Å². The molecule has 0 fully saturated rings. The molecule has 0 amide bonds. The molecule has 0 spiro atoms. The molecule has 1 aliphatic rings. The van der Waals surface area contributed by atoms with E-state index in [1.165, 1.54) is 0 Å². The van der Waals surface area contributed by atoms with Gasteiger partial charge in [-0.2, -0.15) is 0 Å². The van der Waals surface area contributed by atoms with Gasteiger partial charge in [0.2, 0.25) is 0 Å². The molecule has 5 rings (SSSR count). The lowest BCUT2D eigenvalue weighted by molar-refractivity contribution is -0.118. The molecule has 0 saturated carbocycles. The standard InChI is InChI=1S/C24H19N3O/c28-23-16-19(17-9-3-1-4-10-17)15-20(18-11-5-2-6-12-18)24(23)27-22-14-8-7-13-21(22)25-26-27/h1-14,16,20,24H,15H2/t20-,24+/m0/s1. The lowest BCUT2D eigenvalue weighted by Crippen LogP contribution is -2.29. The first-order valence-corrected chi connectivity index (χ1v) is 9.46. The van der Waals surface area contributed by atoms with Gasteiger partial charge in [-0.25, -0.2) is 4.68 Å². The van der Waals surface area contributed by atoms with Gasteiger partial charge in [0, 0.05) is 5.92 Å². The SMILES string of the molecule is O=C1C=C(c2ccccc2)C[C@@H](c2ccccc2)[C@H]1n1nnc2ccccc21. The van der Waals surface area contributed by atoms with Gasteiger partial charge in [0.05, 0.1) is 5.52 Å². The molecule has 0 bridgehead atoms. The molecule has 4 heteroatoms. The van der Waals surface area contributed by atoms with E-state index in [4.69, 9.17) is 0 Å². The second kappa shape index (κ2) is 6.89.